The highest BCUT2D eigenvalue weighted by molar-refractivity contribution is 7.89. The van der Waals surface area contributed by atoms with Gasteiger partial charge in [-0.1, -0.05) is 37.6 Å². The van der Waals surface area contributed by atoms with Crippen LogP contribution in [0.5, 0.6) is 0 Å². The van der Waals surface area contributed by atoms with Crippen LogP contribution in [-0.4, -0.2) is 30.7 Å². The Kier molecular flexibility index (Phi) is 6.20. The molecule has 0 saturated heterocycles. The number of hydrogen-bond donors (Lipinski definition) is 2. The van der Waals surface area contributed by atoms with Gasteiger partial charge in [0.2, 0.25) is 10.0 Å². The number of rotatable bonds is 9. The predicted molar refractivity (Wildman–Crippen MR) is 120 cm³/mol. The number of hydrogen-bond acceptors (Lipinski definition) is 4. The van der Waals surface area contributed by atoms with E-state index >= 15 is 0 Å². The molecule has 1 aromatic heterocycles. The summed E-state index contributed by atoms with van der Waals surface area (Å²) in [5, 5.41) is 7.48. The van der Waals surface area contributed by atoms with Crippen LogP contribution in [0, 0.1) is 0 Å². The van der Waals surface area contributed by atoms with E-state index in [2.05, 4.69) is 15.1 Å². The third-order valence-corrected chi connectivity index (χ3v) is 6.64. The van der Waals surface area contributed by atoms with E-state index in [1.54, 1.807) is 16.8 Å². The monoisotopic (exact) mass is 438 g/mol. The van der Waals surface area contributed by atoms with Crippen molar-refractivity contribution in [3.8, 4) is 5.69 Å². The zero-order chi connectivity index (χ0) is 21.8. The number of benzene rings is 2. The number of carbonyl (C=O) groups excluding carboxylic acids is 1. The molecule has 4 rings (SSSR count). The average Bonchev–Trinajstić information content (AvgIpc) is 3.53. The van der Waals surface area contributed by atoms with Gasteiger partial charge in [-0.05, 0) is 55.7 Å². The van der Waals surface area contributed by atoms with Gasteiger partial charge in [0.05, 0.1) is 16.3 Å². The van der Waals surface area contributed by atoms with E-state index in [4.69, 9.17) is 0 Å². The van der Waals surface area contributed by atoms with Crippen LogP contribution in [0.4, 0.5) is 5.69 Å². The van der Waals surface area contributed by atoms with Crippen LogP contribution in [0.25, 0.3) is 5.69 Å². The van der Waals surface area contributed by atoms with Gasteiger partial charge in [-0.15, -0.1) is 0 Å². The van der Waals surface area contributed by atoms with Crippen molar-refractivity contribution in [2.75, 3.05) is 11.9 Å². The van der Waals surface area contributed by atoms with Gasteiger partial charge in [0.1, 0.15) is 5.69 Å². The number of aromatic nitrogens is 2. The molecule has 0 aliphatic heterocycles. The molecule has 0 spiro atoms. The van der Waals surface area contributed by atoms with E-state index in [9.17, 15) is 13.2 Å². The summed E-state index contributed by atoms with van der Waals surface area (Å²) < 4.78 is 29.2. The second-order valence-electron chi connectivity index (χ2n) is 7.71. The van der Waals surface area contributed by atoms with E-state index < -0.39 is 10.0 Å². The lowest BCUT2D eigenvalue weighted by atomic mass is 10.2. The molecular formula is C23H26N4O3S. The molecule has 1 heterocycles. The molecule has 8 heteroatoms. The predicted octanol–water partition coefficient (Wildman–Crippen LogP) is 4.08. The summed E-state index contributed by atoms with van der Waals surface area (Å²) in [4.78, 5) is 13.2. The van der Waals surface area contributed by atoms with Crippen LogP contribution in [0.1, 0.15) is 54.7 Å². The molecule has 1 amide bonds. The normalized spacial score (nSPS) is 13.8. The molecular weight excluding hydrogens is 412 g/mol. The molecule has 7 nitrogen and oxygen atoms in total. The minimum atomic E-state index is -3.62. The Morgan fingerprint density at radius 2 is 1.87 bits per heavy atom. The highest BCUT2D eigenvalue weighted by atomic mass is 32.2. The van der Waals surface area contributed by atoms with Gasteiger partial charge in [0.15, 0.2) is 0 Å². The number of unbranched alkanes of at least 4 members (excludes halogenated alkanes) is 1. The minimum absolute atomic E-state index is 0.122. The Balaban J connectivity index is 1.58. The zero-order valence-corrected chi connectivity index (χ0v) is 18.2. The average molecular weight is 439 g/mol. The van der Waals surface area contributed by atoms with Gasteiger partial charge >= 0.3 is 0 Å². The van der Waals surface area contributed by atoms with E-state index in [1.807, 2.05) is 43.3 Å². The van der Waals surface area contributed by atoms with Crippen molar-refractivity contribution in [3.63, 3.8) is 0 Å². The first-order valence-corrected chi connectivity index (χ1v) is 12.0. The summed E-state index contributed by atoms with van der Waals surface area (Å²) in [5.74, 6) is 0.0657. The minimum Gasteiger partial charge on any atom is -0.321 e. The molecule has 1 aliphatic rings. The molecule has 2 aromatic carbocycles. The molecule has 162 valence electrons. The molecule has 3 aromatic rings. The van der Waals surface area contributed by atoms with Crippen molar-refractivity contribution < 1.29 is 13.2 Å². The highest BCUT2D eigenvalue weighted by Gasteiger charge is 2.29. The molecule has 0 bridgehead atoms. The first kappa shape index (κ1) is 21.3. The lowest BCUT2D eigenvalue weighted by Gasteiger charge is -2.10. The van der Waals surface area contributed by atoms with Gasteiger partial charge in [-0.3, -0.25) is 4.79 Å². The van der Waals surface area contributed by atoms with E-state index in [0.29, 0.717) is 23.8 Å². The van der Waals surface area contributed by atoms with Crippen LogP contribution >= 0.6 is 0 Å². The fourth-order valence-corrected chi connectivity index (χ4v) is 4.43. The number of nitrogens with zero attached hydrogens (tertiary/aromatic N) is 2. The summed E-state index contributed by atoms with van der Waals surface area (Å²) in [6, 6.07) is 17.6. The third kappa shape index (κ3) is 5.03. The Bertz CT molecular complexity index is 1170. The summed E-state index contributed by atoms with van der Waals surface area (Å²) >= 11 is 0. The van der Waals surface area contributed by atoms with Crippen LogP contribution < -0.4 is 10.0 Å². The Labute approximate surface area is 182 Å². The second kappa shape index (κ2) is 9.03. The van der Waals surface area contributed by atoms with Crippen LogP contribution in [0.15, 0.2) is 65.6 Å². The molecule has 31 heavy (non-hydrogen) atoms. The molecule has 2 N–H and O–H groups in total. The number of carbonyl (C=O) groups is 1. The Morgan fingerprint density at radius 1 is 1.10 bits per heavy atom. The van der Waals surface area contributed by atoms with Crippen molar-refractivity contribution >= 4 is 21.6 Å². The topological polar surface area (TPSA) is 93.1 Å². The van der Waals surface area contributed by atoms with Crippen LogP contribution in [-0.2, 0) is 10.0 Å². The van der Waals surface area contributed by atoms with Gasteiger partial charge in [0.25, 0.3) is 5.91 Å². The van der Waals surface area contributed by atoms with Crippen molar-refractivity contribution in [2.45, 2.75) is 43.4 Å². The maximum Gasteiger partial charge on any atom is 0.274 e. The van der Waals surface area contributed by atoms with Crippen LogP contribution in [0.2, 0.25) is 0 Å². The van der Waals surface area contributed by atoms with Gasteiger partial charge < -0.3 is 5.32 Å². The quantitative estimate of drug-likeness (QED) is 0.492. The molecule has 0 atom stereocenters. The SMILES string of the molecule is CCCCNS(=O)(=O)c1cccc(NC(=O)c2cc(C3CC3)nn2-c2ccccc2)c1. The number of para-hydroxylation sites is 1. The van der Waals surface area contributed by atoms with Gasteiger partial charge in [0, 0.05) is 18.2 Å². The van der Waals surface area contributed by atoms with Crippen LogP contribution in [0.3, 0.4) is 0 Å². The number of anilines is 1. The zero-order valence-electron chi connectivity index (χ0n) is 17.4. The highest BCUT2D eigenvalue weighted by Crippen LogP contribution is 2.39. The van der Waals surface area contributed by atoms with E-state index in [0.717, 1.165) is 37.1 Å². The maximum absolute atomic E-state index is 13.1. The van der Waals surface area contributed by atoms with Crippen molar-refractivity contribution in [2.24, 2.45) is 0 Å². The first-order valence-electron chi connectivity index (χ1n) is 10.5. The summed E-state index contributed by atoms with van der Waals surface area (Å²) in [7, 11) is -3.62. The summed E-state index contributed by atoms with van der Waals surface area (Å²) in [6.45, 7) is 2.38. The lowest BCUT2D eigenvalue weighted by Crippen LogP contribution is -2.25. The molecule has 0 radical (unpaired) electrons. The van der Waals surface area contributed by atoms with Gasteiger partial charge in [-0.25, -0.2) is 17.8 Å². The van der Waals surface area contributed by atoms with Gasteiger partial charge in [-0.2, -0.15) is 5.10 Å². The Morgan fingerprint density at radius 3 is 2.58 bits per heavy atom. The fourth-order valence-electron chi connectivity index (χ4n) is 3.31. The largest absolute Gasteiger partial charge is 0.321 e. The van der Waals surface area contributed by atoms with Crippen molar-refractivity contribution in [1.29, 1.82) is 0 Å². The standard InChI is InChI=1S/C23H26N4O3S/c1-2-3-14-24-31(29,30)20-11-7-8-18(15-20)25-23(28)22-16-21(17-12-13-17)26-27(22)19-9-5-4-6-10-19/h4-11,15-17,24H,2-3,12-14H2,1H3,(H,25,28). The fraction of sp³-hybridized carbons (Fsp3) is 0.304. The first-order chi connectivity index (χ1) is 15.0. The third-order valence-electron chi connectivity index (χ3n) is 5.18. The van der Waals surface area contributed by atoms with Crippen molar-refractivity contribution in [3.05, 3.63) is 72.1 Å². The number of nitrogens with one attached hydrogen (secondary N) is 2. The molecule has 0 unspecified atom stereocenters. The summed E-state index contributed by atoms with van der Waals surface area (Å²) in [6.07, 6.45) is 3.83. The molecule has 1 saturated carbocycles. The molecule has 1 fully saturated rings. The second-order valence-corrected chi connectivity index (χ2v) is 9.48. The number of sulfonamides is 1. The van der Waals surface area contributed by atoms with E-state index in [-0.39, 0.29) is 10.8 Å². The van der Waals surface area contributed by atoms with Crippen molar-refractivity contribution in [1.82, 2.24) is 14.5 Å². The smallest absolute Gasteiger partial charge is 0.274 e. The maximum atomic E-state index is 13.1. The number of amides is 1. The molecule has 1 aliphatic carbocycles. The lowest BCUT2D eigenvalue weighted by molar-refractivity contribution is 0.101. The summed E-state index contributed by atoms with van der Waals surface area (Å²) in [5.41, 5.74) is 2.54. The Hall–Kier alpha value is -2.97. The van der Waals surface area contributed by atoms with E-state index in [1.165, 1.54) is 12.1 Å².